The summed E-state index contributed by atoms with van der Waals surface area (Å²) in [5.41, 5.74) is 1.19. The first-order valence-electron chi connectivity index (χ1n) is 4.73. The Morgan fingerprint density at radius 1 is 1.23 bits per heavy atom. The van der Waals surface area contributed by atoms with E-state index in [1.165, 1.54) is 5.57 Å². The van der Waals surface area contributed by atoms with Crippen molar-refractivity contribution >= 4 is 0 Å². The highest BCUT2D eigenvalue weighted by atomic mass is 16.3. The predicted octanol–water partition coefficient (Wildman–Crippen LogP) is 3.08. The molecule has 1 heteroatoms. The average molecular weight is 180 g/mol. The van der Waals surface area contributed by atoms with Crippen molar-refractivity contribution in [1.29, 1.82) is 0 Å². The molecule has 0 spiro atoms. The first-order chi connectivity index (χ1) is 6.11. The average Bonchev–Trinajstić information content (AvgIpc) is 2.05. The van der Waals surface area contributed by atoms with Crippen LogP contribution in [0.3, 0.4) is 0 Å². The Morgan fingerprint density at radius 2 is 1.85 bits per heavy atom. The normalized spacial score (nSPS) is 18.4. The molecule has 0 rings (SSSR count). The van der Waals surface area contributed by atoms with Gasteiger partial charge in [0.2, 0.25) is 0 Å². The van der Waals surface area contributed by atoms with Crippen LogP contribution in [0.25, 0.3) is 0 Å². The minimum Gasteiger partial charge on any atom is -0.388 e. The van der Waals surface area contributed by atoms with Crippen molar-refractivity contribution < 1.29 is 5.11 Å². The van der Waals surface area contributed by atoms with Crippen LogP contribution in [-0.4, -0.2) is 11.2 Å². The zero-order valence-electron chi connectivity index (χ0n) is 8.99. The van der Waals surface area contributed by atoms with Crippen LogP contribution in [0.1, 0.15) is 27.7 Å². The van der Waals surface area contributed by atoms with Gasteiger partial charge in [-0.15, -0.1) is 0 Å². The van der Waals surface area contributed by atoms with Gasteiger partial charge in [0.15, 0.2) is 0 Å². The third-order valence-electron chi connectivity index (χ3n) is 1.88. The molecule has 0 unspecified atom stereocenters. The van der Waals surface area contributed by atoms with Crippen LogP contribution in [-0.2, 0) is 0 Å². The Morgan fingerprint density at radius 3 is 2.31 bits per heavy atom. The summed E-state index contributed by atoms with van der Waals surface area (Å²) in [7, 11) is 0. The number of aliphatic hydroxyl groups excluding tert-OH is 1. The van der Waals surface area contributed by atoms with E-state index in [9.17, 15) is 5.11 Å². The molecule has 0 fully saturated rings. The molecule has 74 valence electrons. The molecule has 0 aliphatic carbocycles. The summed E-state index contributed by atoms with van der Waals surface area (Å²) in [5.74, 6) is 0.174. The Kier molecular flexibility index (Phi) is 6.25. The molecular weight excluding hydrogens is 160 g/mol. The molecular formula is C12H20O. The standard InChI is InChI=1S/C12H20O/c1-5-7-10(3)9-11(4)12(13)8-6-2/h5-9,11-13H,1-4H3/b7-5+,8-6+,10-9+/t11-,12-/m1/s1. The highest BCUT2D eigenvalue weighted by Gasteiger charge is 2.06. The molecule has 1 N–H and O–H groups in total. The van der Waals surface area contributed by atoms with E-state index in [-0.39, 0.29) is 12.0 Å². The molecule has 0 aromatic carbocycles. The minimum atomic E-state index is -0.370. The fourth-order valence-electron chi connectivity index (χ4n) is 1.20. The van der Waals surface area contributed by atoms with Crippen LogP contribution in [0.4, 0.5) is 0 Å². The first kappa shape index (κ1) is 12.2. The van der Waals surface area contributed by atoms with Crippen molar-refractivity contribution in [2.24, 2.45) is 5.92 Å². The summed E-state index contributed by atoms with van der Waals surface area (Å²) >= 11 is 0. The van der Waals surface area contributed by atoms with Crippen LogP contribution in [0.15, 0.2) is 36.0 Å². The highest BCUT2D eigenvalue weighted by molar-refractivity contribution is 5.17. The molecule has 1 nitrogen and oxygen atoms in total. The van der Waals surface area contributed by atoms with E-state index in [2.05, 4.69) is 6.08 Å². The van der Waals surface area contributed by atoms with Crippen molar-refractivity contribution in [1.82, 2.24) is 0 Å². The maximum atomic E-state index is 9.58. The Balaban J connectivity index is 4.26. The lowest BCUT2D eigenvalue weighted by atomic mass is 10.0. The Labute approximate surface area is 81.5 Å². The second kappa shape index (κ2) is 6.67. The van der Waals surface area contributed by atoms with Crippen LogP contribution in [0, 0.1) is 5.92 Å². The zero-order chi connectivity index (χ0) is 10.3. The molecule has 0 amide bonds. The monoisotopic (exact) mass is 180 g/mol. The van der Waals surface area contributed by atoms with Crippen LogP contribution >= 0.6 is 0 Å². The Hall–Kier alpha value is -0.820. The number of aliphatic hydroxyl groups is 1. The maximum absolute atomic E-state index is 9.58. The first-order valence-corrected chi connectivity index (χ1v) is 4.73. The third-order valence-corrected chi connectivity index (χ3v) is 1.88. The van der Waals surface area contributed by atoms with Crippen molar-refractivity contribution in [3.63, 3.8) is 0 Å². The minimum absolute atomic E-state index is 0.174. The number of hydrogen-bond acceptors (Lipinski definition) is 1. The fraction of sp³-hybridized carbons (Fsp3) is 0.500. The molecule has 0 aromatic heterocycles. The molecule has 0 saturated carbocycles. The van der Waals surface area contributed by atoms with Crippen molar-refractivity contribution in [2.75, 3.05) is 0 Å². The van der Waals surface area contributed by atoms with Gasteiger partial charge >= 0.3 is 0 Å². The van der Waals surface area contributed by atoms with Crippen molar-refractivity contribution in [3.8, 4) is 0 Å². The van der Waals surface area contributed by atoms with E-state index in [0.717, 1.165) is 0 Å². The predicted molar refractivity (Wildman–Crippen MR) is 58.6 cm³/mol. The fourth-order valence-corrected chi connectivity index (χ4v) is 1.20. The van der Waals surface area contributed by atoms with E-state index in [4.69, 9.17) is 0 Å². The van der Waals surface area contributed by atoms with E-state index in [1.54, 1.807) is 0 Å². The molecule has 0 saturated heterocycles. The number of hydrogen-bond donors (Lipinski definition) is 1. The molecule has 0 aliphatic heterocycles. The van der Waals surface area contributed by atoms with E-state index >= 15 is 0 Å². The van der Waals surface area contributed by atoms with Gasteiger partial charge in [-0.3, -0.25) is 0 Å². The summed E-state index contributed by atoms with van der Waals surface area (Å²) in [6, 6.07) is 0. The lowest BCUT2D eigenvalue weighted by Gasteiger charge is -2.11. The van der Waals surface area contributed by atoms with E-state index < -0.39 is 0 Å². The third kappa shape index (κ3) is 5.42. The largest absolute Gasteiger partial charge is 0.388 e. The molecule has 0 aliphatic rings. The summed E-state index contributed by atoms with van der Waals surface area (Å²) in [6.07, 6.45) is 9.43. The molecule has 0 bridgehead atoms. The van der Waals surface area contributed by atoms with Crippen LogP contribution in [0.2, 0.25) is 0 Å². The summed E-state index contributed by atoms with van der Waals surface area (Å²) in [6.45, 7) is 7.96. The van der Waals surface area contributed by atoms with Gasteiger partial charge in [-0.25, -0.2) is 0 Å². The molecule has 2 atom stereocenters. The smallest absolute Gasteiger partial charge is 0.0780 e. The van der Waals surface area contributed by atoms with Crippen LogP contribution < -0.4 is 0 Å². The zero-order valence-corrected chi connectivity index (χ0v) is 8.99. The highest BCUT2D eigenvalue weighted by Crippen LogP contribution is 2.10. The van der Waals surface area contributed by atoms with Gasteiger partial charge < -0.3 is 5.11 Å². The van der Waals surface area contributed by atoms with Gasteiger partial charge in [0.05, 0.1) is 6.10 Å². The molecule has 0 heterocycles. The van der Waals surface area contributed by atoms with Gasteiger partial charge in [0, 0.05) is 5.92 Å². The Bertz CT molecular complexity index is 211. The lowest BCUT2D eigenvalue weighted by Crippen LogP contribution is -2.12. The summed E-state index contributed by atoms with van der Waals surface area (Å²) in [5, 5.41) is 9.58. The van der Waals surface area contributed by atoms with E-state index in [0.29, 0.717) is 0 Å². The van der Waals surface area contributed by atoms with Gasteiger partial charge in [0.1, 0.15) is 0 Å². The molecule has 0 radical (unpaired) electrons. The van der Waals surface area contributed by atoms with Gasteiger partial charge in [-0.1, -0.05) is 42.9 Å². The summed E-state index contributed by atoms with van der Waals surface area (Å²) < 4.78 is 0. The molecule has 13 heavy (non-hydrogen) atoms. The van der Waals surface area contributed by atoms with Crippen molar-refractivity contribution in [2.45, 2.75) is 33.8 Å². The second-order valence-electron chi connectivity index (χ2n) is 3.29. The van der Waals surface area contributed by atoms with Gasteiger partial charge in [-0.05, 0) is 20.8 Å². The maximum Gasteiger partial charge on any atom is 0.0780 e. The van der Waals surface area contributed by atoms with Crippen molar-refractivity contribution in [3.05, 3.63) is 36.0 Å². The lowest BCUT2D eigenvalue weighted by molar-refractivity contribution is 0.185. The number of rotatable bonds is 4. The van der Waals surface area contributed by atoms with Gasteiger partial charge in [0.25, 0.3) is 0 Å². The number of allylic oxidation sites excluding steroid dienone is 4. The summed E-state index contributed by atoms with van der Waals surface area (Å²) in [4.78, 5) is 0. The molecule has 0 aromatic rings. The van der Waals surface area contributed by atoms with Gasteiger partial charge in [-0.2, -0.15) is 0 Å². The van der Waals surface area contributed by atoms with E-state index in [1.807, 2.05) is 52.0 Å². The topological polar surface area (TPSA) is 20.2 Å². The SMILES string of the molecule is C/C=C/C(C)=C/[C@@H](C)[C@H](O)/C=C/C. The van der Waals surface area contributed by atoms with Crippen LogP contribution in [0.5, 0.6) is 0 Å². The quantitative estimate of drug-likeness (QED) is 0.520. The second-order valence-corrected chi connectivity index (χ2v) is 3.29.